The molecule has 1 saturated heterocycles. The molecular weight excluding hydrogens is 737 g/mol. The molecule has 1 fully saturated rings. The Balaban J connectivity index is 0.000000338. The molecule has 0 aromatic rings. The van der Waals surface area contributed by atoms with Gasteiger partial charge in [-0.05, 0) is 61.2 Å². The van der Waals surface area contributed by atoms with Crippen molar-refractivity contribution in [3.8, 4) is 0 Å². The summed E-state index contributed by atoms with van der Waals surface area (Å²) in [6.07, 6.45) is 26.3. The molecule has 0 radical (unpaired) electrons. The molecule has 58 heavy (non-hydrogen) atoms. The van der Waals surface area contributed by atoms with Crippen molar-refractivity contribution in [2.45, 2.75) is 138 Å². The van der Waals surface area contributed by atoms with Crippen molar-refractivity contribution in [2.24, 2.45) is 28.6 Å². The Morgan fingerprint density at radius 2 is 0.948 bits per heavy atom. The maximum Gasteiger partial charge on any atom is 0.253 e. The maximum absolute atomic E-state index is 12.8. The molecule has 320 valence electrons. The van der Waals surface area contributed by atoms with Gasteiger partial charge in [0.15, 0.2) is 0 Å². The Kier molecular flexibility index (Phi) is 18.7. The Morgan fingerprint density at radius 3 is 1.38 bits per heavy atom. The monoisotopic (exact) mass is 805 g/mol. The van der Waals surface area contributed by atoms with Gasteiger partial charge in [-0.1, -0.05) is 106 Å². The predicted molar refractivity (Wildman–Crippen MR) is 223 cm³/mol. The molecule has 0 aromatic heterocycles. The number of rotatable bonds is 24. The largest absolute Gasteiger partial charge is 0.282 e. The molecule has 4 aliphatic rings. The smallest absolute Gasteiger partial charge is 0.253 e. The van der Waals surface area contributed by atoms with Gasteiger partial charge in [-0.25, -0.2) is 0 Å². The highest BCUT2D eigenvalue weighted by Crippen LogP contribution is 2.31. The van der Waals surface area contributed by atoms with E-state index < -0.39 is 0 Å². The lowest BCUT2D eigenvalue weighted by Crippen LogP contribution is -2.39. The van der Waals surface area contributed by atoms with E-state index in [2.05, 4.69) is 19.9 Å². The van der Waals surface area contributed by atoms with Gasteiger partial charge >= 0.3 is 0 Å². The van der Waals surface area contributed by atoms with Gasteiger partial charge in [0, 0.05) is 69.1 Å². The van der Waals surface area contributed by atoms with Crippen molar-refractivity contribution in [3.05, 3.63) is 48.6 Å². The SMILES string of the molecule is CC(CCN1C(=O)C=CC1=O)CC(C)(C)CN1C(=O)C=CC1=O.CCCCCCCCCC/C=C/C1CC(=O)N(CCC(C)CC(C)(C)CN2C(=O)C=CC2=O)C1=O. The first-order valence-corrected chi connectivity index (χ1v) is 21.5. The number of allylic oxidation sites excluding steroid dienone is 1. The van der Waals surface area contributed by atoms with Crippen LogP contribution in [0.15, 0.2) is 48.6 Å². The molecule has 3 atom stereocenters. The van der Waals surface area contributed by atoms with Crippen LogP contribution in [-0.2, 0) is 38.4 Å². The van der Waals surface area contributed by atoms with Gasteiger partial charge in [-0.15, -0.1) is 0 Å². The normalized spacial score (nSPS) is 19.6. The molecule has 4 heterocycles. The van der Waals surface area contributed by atoms with Gasteiger partial charge in [0.2, 0.25) is 11.8 Å². The average molecular weight is 805 g/mol. The van der Waals surface area contributed by atoms with Crippen molar-refractivity contribution in [2.75, 3.05) is 26.2 Å². The standard InChI is InChI=1S/C29H46N2O4.C17H22N2O4/c1-5-6-7-8-9-10-11-12-13-14-15-24-20-27(34)30(28(24)35)19-18-23(2)21-29(3,4)22-31-25(32)16-17-26(31)33;1-12(8-9-18-13(20)4-5-14(18)21)10-17(2,3)11-19-15(22)6-7-16(19)23/h14-17,23-24H,5-13,18-22H2,1-4H3;4-7,12H,8-11H2,1-3H3/b15-14+;. The Bertz CT molecular complexity index is 1580. The Hall–Kier alpha value is -4.48. The number of imide groups is 4. The summed E-state index contributed by atoms with van der Waals surface area (Å²) in [6.45, 7) is 16.1. The van der Waals surface area contributed by atoms with Crippen molar-refractivity contribution >= 4 is 47.3 Å². The molecule has 0 bridgehead atoms. The third-order valence-corrected chi connectivity index (χ3v) is 11.2. The Morgan fingerprint density at radius 1 is 0.569 bits per heavy atom. The molecule has 0 aliphatic carbocycles. The van der Waals surface area contributed by atoms with Gasteiger partial charge in [0.1, 0.15) is 0 Å². The summed E-state index contributed by atoms with van der Waals surface area (Å²) in [5.74, 6) is -1.55. The first kappa shape index (κ1) is 47.9. The van der Waals surface area contributed by atoms with Crippen LogP contribution < -0.4 is 0 Å². The first-order chi connectivity index (χ1) is 27.3. The summed E-state index contributed by atoms with van der Waals surface area (Å²) in [4.78, 5) is 100. The fraction of sp³-hybridized carbons (Fsp3) is 0.652. The fourth-order valence-corrected chi connectivity index (χ4v) is 8.35. The van der Waals surface area contributed by atoms with E-state index in [-0.39, 0.29) is 82.3 Å². The van der Waals surface area contributed by atoms with Crippen molar-refractivity contribution in [1.29, 1.82) is 0 Å². The number of hydrogen-bond donors (Lipinski definition) is 0. The number of carbonyl (C=O) groups excluding carboxylic acids is 8. The van der Waals surface area contributed by atoms with Gasteiger partial charge in [0.05, 0.1) is 5.92 Å². The first-order valence-electron chi connectivity index (χ1n) is 21.5. The molecule has 12 nitrogen and oxygen atoms in total. The van der Waals surface area contributed by atoms with Crippen LogP contribution in [0.4, 0.5) is 0 Å². The zero-order valence-electron chi connectivity index (χ0n) is 36.1. The molecule has 0 N–H and O–H groups in total. The second-order valence-corrected chi connectivity index (χ2v) is 18.3. The highest BCUT2D eigenvalue weighted by molar-refractivity contribution is 6.14. The van der Waals surface area contributed by atoms with Crippen LogP contribution in [0.25, 0.3) is 0 Å². The zero-order valence-corrected chi connectivity index (χ0v) is 36.1. The summed E-state index contributed by atoms with van der Waals surface area (Å²) in [5.41, 5.74) is -0.468. The number of amides is 8. The van der Waals surface area contributed by atoms with Gasteiger partial charge < -0.3 is 0 Å². The second-order valence-electron chi connectivity index (χ2n) is 18.3. The lowest BCUT2D eigenvalue weighted by molar-refractivity contribution is -0.140. The number of unbranched alkanes of at least 4 members (excludes halogenated alkanes) is 8. The molecule has 4 aliphatic heterocycles. The van der Waals surface area contributed by atoms with Crippen LogP contribution in [0.2, 0.25) is 0 Å². The third kappa shape index (κ3) is 15.4. The maximum atomic E-state index is 12.8. The molecule has 0 spiro atoms. The van der Waals surface area contributed by atoms with Gasteiger partial charge in [-0.2, -0.15) is 0 Å². The molecule has 4 rings (SSSR count). The second kappa shape index (κ2) is 22.6. The number of nitrogens with zero attached hydrogens (tertiary/aromatic N) is 4. The highest BCUT2D eigenvalue weighted by Gasteiger charge is 2.38. The minimum Gasteiger partial charge on any atom is -0.282 e. The van der Waals surface area contributed by atoms with Crippen LogP contribution in [0, 0.1) is 28.6 Å². The van der Waals surface area contributed by atoms with Gasteiger partial charge in [0.25, 0.3) is 35.4 Å². The van der Waals surface area contributed by atoms with Crippen LogP contribution in [0.3, 0.4) is 0 Å². The molecule has 3 unspecified atom stereocenters. The van der Waals surface area contributed by atoms with Crippen LogP contribution >= 0.6 is 0 Å². The third-order valence-electron chi connectivity index (χ3n) is 11.2. The number of hydrogen-bond acceptors (Lipinski definition) is 8. The lowest BCUT2D eigenvalue weighted by atomic mass is 9.81. The van der Waals surface area contributed by atoms with Crippen LogP contribution in [0.1, 0.15) is 138 Å². The van der Waals surface area contributed by atoms with E-state index in [1.54, 1.807) is 0 Å². The van der Waals surface area contributed by atoms with Crippen molar-refractivity contribution in [3.63, 3.8) is 0 Å². The molecule has 0 aromatic carbocycles. The summed E-state index contributed by atoms with van der Waals surface area (Å²) in [5, 5.41) is 0. The topological polar surface area (TPSA) is 150 Å². The number of carbonyl (C=O) groups is 8. The van der Waals surface area contributed by atoms with E-state index in [0.717, 1.165) is 32.1 Å². The quantitative estimate of drug-likeness (QED) is 0.0570. The molecule has 0 saturated carbocycles. The van der Waals surface area contributed by atoms with E-state index in [9.17, 15) is 38.4 Å². The summed E-state index contributed by atoms with van der Waals surface area (Å²) >= 11 is 0. The van der Waals surface area contributed by atoms with E-state index >= 15 is 0 Å². The van der Waals surface area contributed by atoms with E-state index in [1.165, 1.54) is 101 Å². The lowest BCUT2D eigenvalue weighted by Gasteiger charge is -2.32. The number of likely N-dealkylation sites (tertiary alicyclic amines) is 1. The molecule has 8 amide bonds. The highest BCUT2D eigenvalue weighted by atomic mass is 16.2. The minimum atomic E-state index is -0.317. The predicted octanol–water partition coefficient (Wildman–Crippen LogP) is 7.09. The van der Waals surface area contributed by atoms with Crippen molar-refractivity contribution < 1.29 is 38.4 Å². The molecule has 12 heteroatoms. The average Bonchev–Trinajstić information content (AvgIpc) is 3.83. The van der Waals surface area contributed by atoms with Crippen LogP contribution in [0.5, 0.6) is 0 Å². The van der Waals surface area contributed by atoms with E-state index in [1.807, 2.05) is 40.7 Å². The zero-order chi connectivity index (χ0) is 43.0. The van der Waals surface area contributed by atoms with E-state index in [0.29, 0.717) is 32.6 Å². The Labute approximate surface area is 346 Å². The van der Waals surface area contributed by atoms with E-state index in [4.69, 9.17) is 0 Å². The van der Waals surface area contributed by atoms with Crippen molar-refractivity contribution in [1.82, 2.24) is 19.6 Å². The van der Waals surface area contributed by atoms with Gasteiger partial charge in [-0.3, -0.25) is 58.0 Å². The summed E-state index contributed by atoms with van der Waals surface area (Å²) < 4.78 is 0. The summed E-state index contributed by atoms with van der Waals surface area (Å²) in [6, 6.07) is 0. The summed E-state index contributed by atoms with van der Waals surface area (Å²) in [7, 11) is 0. The molecular formula is C46H68N4O8. The fourth-order valence-electron chi connectivity index (χ4n) is 8.35. The minimum absolute atomic E-state index is 0.0760. The van der Waals surface area contributed by atoms with Crippen LogP contribution in [-0.4, -0.2) is 93.0 Å².